The molecule has 0 bridgehead atoms. The number of anilines is 1. The minimum absolute atomic E-state index is 0.235. The molecule has 0 fully saturated rings. The van der Waals surface area contributed by atoms with E-state index in [2.05, 4.69) is 70.6 Å². The monoisotopic (exact) mass is 256 g/mol. The van der Waals surface area contributed by atoms with Gasteiger partial charge >= 0.3 is 0 Å². The zero-order chi connectivity index (χ0) is 13.1. The number of aromatic nitrogens is 1. The third-order valence-corrected chi connectivity index (χ3v) is 4.18. The van der Waals surface area contributed by atoms with Crippen molar-refractivity contribution in [2.24, 2.45) is 0 Å². The van der Waals surface area contributed by atoms with E-state index in [-0.39, 0.29) is 6.04 Å². The molecule has 5 rings (SSSR count). The van der Waals surface area contributed by atoms with Crippen LogP contribution in [0.25, 0.3) is 28.3 Å². The Morgan fingerprint density at radius 1 is 0.950 bits per heavy atom. The maximum absolute atomic E-state index is 3.57. The molecular formula is C18H12N2. The fourth-order valence-corrected chi connectivity index (χ4v) is 3.26. The van der Waals surface area contributed by atoms with Gasteiger partial charge in [0.2, 0.25) is 0 Å². The number of hydrogen-bond donors (Lipinski definition) is 2. The Kier molecular flexibility index (Phi) is 1.74. The van der Waals surface area contributed by atoms with Gasteiger partial charge in [-0.3, -0.25) is 0 Å². The summed E-state index contributed by atoms with van der Waals surface area (Å²) >= 11 is 0. The predicted octanol–water partition coefficient (Wildman–Crippen LogP) is 2.22. The third-order valence-electron chi connectivity index (χ3n) is 4.18. The van der Waals surface area contributed by atoms with Gasteiger partial charge in [-0.05, 0) is 18.2 Å². The number of hydrogen-bond acceptors (Lipinski definition) is 1. The van der Waals surface area contributed by atoms with Crippen molar-refractivity contribution in [1.82, 2.24) is 4.98 Å². The van der Waals surface area contributed by atoms with Gasteiger partial charge < -0.3 is 10.3 Å². The average Bonchev–Trinajstić information content (AvgIpc) is 3.02. The summed E-state index contributed by atoms with van der Waals surface area (Å²) in [4.78, 5) is 3.47. The van der Waals surface area contributed by atoms with Crippen molar-refractivity contribution in [2.75, 3.05) is 5.32 Å². The van der Waals surface area contributed by atoms with E-state index < -0.39 is 0 Å². The molecule has 0 radical (unpaired) electrons. The van der Waals surface area contributed by atoms with Crippen LogP contribution in [0.2, 0.25) is 0 Å². The van der Waals surface area contributed by atoms with E-state index in [0.717, 1.165) is 5.35 Å². The van der Waals surface area contributed by atoms with Crippen molar-refractivity contribution in [3.63, 3.8) is 0 Å². The van der Waals surface area contributed by atoms with Crippen molar-refractivity contribution in [1.29, 1.82) is 0 Å². The minimum atomic E-state index is 0.235. The van der Waals surface area contributed by atoms with E-state index in [1.807, 2.05) is 0 Å². The lowest BCUT2D eigenvalue weighted by atomic mass is 9.99. The minimum Gasteiger partial charge on any atom is -0.374 e. The van der Waals surface area contributed by atoms with Crippen LogP contribution in [0, 0.1) is 0 Å². The average molecular weight is 256 g/mol. The van der Waals surface area contributed by atoms with Crippen molar-refractivity contribution in [2.45, 2.75) is 6.04 Å². The number of H-pyrrole nitrogens is 1. The molecule has 2 aromatic carbocycles. The summed E-state index contributed by atoms with van der Waals surface area (Å²) in [5.74, 6) is 0. The Hall–Kier alpha value is -2.70. The quantitative estimate of drug-likeness (QED) is 0.634. The Labute approximate surface area is 115 Å². The standard InChI is InChI=1S/C18H12N2/c1-3-7-15-11(5-1)13-9-18-14(10-17(13)19-15)12-6-2-4-8-16(12)20-18/h1-9,18-20H. The number of aromatic amines is 1. The first-order chi connectivity index (χ1) is 9.90. The highest BCUT2D eigenvalue weighted by molar-refractivity contribution is 5.97. The molecular weight excluding hydrogens is 244 g/mol. The van der Waals surface area contributed by atoms with Gasteiger partial charge in [0.15, 0.2) is 0 Å². The number of nitrogens with one attached hydrogen (secondary N) is 2. The van der Waals surface area contributed by atoms with E-state index in [4.69, 9.17) is 0 Å². The molecule has 2 N–H and O–H groups in total. The maximum atomic E-state index is 3.57. The molecule has 1 atom stereocenters. The second kappa shape index (κ2) is 3.44. The molecule has 0 saturated heterocycles. The van der Waals surface area contributed by atoms with Crippen molar-refractivity contribution in [3.05, 3.63) is 64.7 Å². The van der Waals surface area contributed by atoms with Crippen LogP contribution in [0.4, 0.5) is 5.69 Å². The van der Waals surface area contributed by atoms with Gasteiger partial charge in [0.05, 0.1) is 11.4 Å². The van der Waals surface area contributed by atoms with Gasteiger partial charge in [-0.25, -0.2) is 0 Å². The molecule has 0 saturated carbocycles. The molecule has 0 spiro atoms. The van der Waals surface area contributed by atoms with E-state index in [0.29, 0.717) is 0 Å². The van der Waals surface area contributed by atoms with Crippen LogP contribution in [0.3, 0.4) is 0 Å². The van der Waals surface area contributed by atoms with Crippen LogP contribution in [0.5, 0.6) is 0 Å². The predicted molar refractivity (Wildman–Crippen MR) is 82.7 cm³/mol. The lowest BCUT2D eigenvalue weighted by Crippen LogP contribution is -2.29. The molecule has 3 aromatic rings. The fourth-order valence-electron chi connectivity index (χ4n) is 3.26. The van der Waals surface area contributed by atoms with Gasteiger partial charge in [-0.1, -0.05) is 42.1 Å². The summed E-state index contributed by atoms with van der Waals surface area (Å²) in [6.07, 6.45) is 2.31. The molecule has 2 heteroatoms. The highest BCUT2D eigenvalue weighted by atomic mass is 15.0. The molecule has 20 heavy (non-hydrogen) atoms. The summed E-state index contributed by atoms with van der Waals surface area (Å²) in [6, 6.07) is 17.1. The van der Waals surface area contributed by atoms with Gasteiger partial charge in [-0.2, -0.15) is 0 Å². The number of rotatable bonds is 0. The lowest BCUT2D eigenvalue weighted by molar-refractivity contribution is 1.22. The molecule has 1 unspecified atom stereocenters. The normalized spacial score (nSPS) is 18.2. The molecule has 1 aromatic heterocycles. The first-order valence-electron chi connectivity index (χ1n) is 6.85. The van der Waals surface area contributed by atoms with Crippen LogP contribution >= 0.6 is 0 Å². The van der Waals surface area contributed by atoms with Gasteiger partial charge in [0.25, 0.3) is 0 Å². The lowest BCUT2D eigenvalue weighted by Gasteiger charge is -2.08. The maximum Gasteiger partial charge on any atom is 0.0900 e. The number of para-hydroxylation sites is 2. The molecule has 0 amide bonds. The topological polar surface area (TPSA) is 27.8 Å². The zero-order valence-electron chi connectivity index (χ0n) is 10.8. The summed E-state index contributed by atoms with van der Waals surface area (Å²) in [5, 5.41) is 7.19. The Bertz CT molecular complexity index is 1020. The van der Waals surface area contributed by atoms with E-state index >= 15 is 0 Å². The second-order valence-corrected chi connectivity index (χ2v) is 5.33. The first kappa shape index (κ1) is 10.1. The summed E-state index contributed by atoms with van der Waals surface area (Å²) in [6.45, 7) is 0. The summed E-state index contributed by atoms with van der Waals surface area (Å²) < 4.78 is 0. The Balaban J connectivity index is 1.95. The van der Waals surface area contributed by atoms with Crippen LogP contribution in [0.15, 0.2) is 48.5 Å². The number of fused-ring (bicyclic) bond motifs is 6. The van der Waals surface area contributed by atoms with Gasteiger partial charge in [0, 0.05) is 32.9 Å². The third kappa shape index (κ3) is 1.19. The smallest absolute Gasteiger partial charge is 0.0900 e. The van der Waals surface area contributed by atoms with Crippen LogP contribution in [-0.4, -0.2) is 11.0 Å². The Morgan fingerprint density at radius 2 is 1.80 bits per heavy atom. The SMILES string of the molecule is C1=C2c3ccccc3NC2C=c2c=1[nH]c1ccccc21. The summed E-state index contributed by atoms with van der Waals surface area (Å²) in [5.41, 5.74) is 8.45. The highest BCUT2D eigenvalue weighted by Gasteiger charge is 2.25. The molecule has 2 aliphatic rings. The molecule has 2 nitrogen and oxygen atoms in total. The van der Waals surface area contributed by atoms with Crippen LogP contribution < -0.4 is 15.9 Å². The van der Waals surface area contributed by atoms with E-state index in [1.54, 1.807) is 0 Å². The summed E-state index contributed by atoms with van der Waals surface area (Å²) in [7, 11) is 0. The van der Waals surface area contributed by atoms with Crippen molar-refractivity contribution >= 4 is 34.0 Å². The molecule has 94 valence electrons. The molecule has 2 heterocycles. The number of benzene rings is 2. The largest absolute Gasteiger partial charge is 0.374 e. The van der Waals surface area contributed by atoms with Gasteiger partial charge in [0.1, 0.15) is 0 Å². The van der Waals surface area contributed by atoms with E-state index in [1.165, 1.54) is 32.9 Å². The molecule has 1 aliphatic heterocycles. The van der Waals surface area contributed by atoms with E-state index in [9.17, 15) is 0 Å². The van der Waals surface area contributed by atoms with Gasteiger partial charge in [-0.15, -0.1) is 0 Å². The Morgan fingerprint density at radius 3 is 2.80 bits per heavy atom. The van der Waals surface area contributed by atoms with Crippen LogP contribution in [0.1, 0.15) is 5.56 Å². The first-order valence-corrected chi connectivity index (χ1v) is 6.85. The van der Waals surface area contributed by atoms with Crippen molar-refractivity contribution < 1.29 is 0 Å². The molecule has 1 aliphatic carbocycles. The second-order valence-electron chi connectivity index (χ2n) is 5.33. The fraction of sp³-hybridized carbons (Fsp3) is 0.0556. The zero-order valence-corrected chi connectivity index (χ0v) is 10.8. The highest BCUT2D eigenvalue weighted by Crippen LogP contribution is 2.35. The van der Waals surface area contributed by atoms with Crippen molar-refractivity contribution in [3.8, 4) is 0 Å². The van der Waals surface area contributed by atoms with Crippen LogP contribution in [-0.2, 0) is 0 Å².